The van der Waals surface area contributed by atoms with Gasteiger partial charge in [0.2, 0.25) is 0 Å². The van der Waals surface area contributed by atoms with Crippen molar-refractivity contribution in [3.63, 3.8) is 0 Å². The molecule has 0 spiro atoms. The first-order chi connectivity index (χ1) is 9.97. The standard InChI is InChI=1S/C14H26N4O3Si/c1-14(2,3)21-13(20)17-7-10(11(19)8-17)18-9-12(15-16-18)22(4,5)6/h9-11,19H,7-8H2,1-6H3/t10-,11-/m0/s1. The fourth-order valence-corrected chi connectivity index (χ4v) is 3.15. The van der Waals surface area contributed by atoms with Gasteiger partial charge in [0.15, 0.2) is 0 Å². The molecule has 124 valence electrons. The van der Waals surface area contributed by atoms with E-state index in [1.165, 1.54) is 4.90 Å². The Bertz CT molecular complexity index is 547. The highest BCUT2D eigenvalue weighted by molar-refractivity contribution is 6.88. The van der Waals surface area contributed by atoms with Crippen molar-refractivity contribution in [2.24, 2.45) is 0 Å². The van der Waals surface area contributed by atoms with E-state index in [4.69, 9.17) is 4.74 Å². The van der Waals surface area contributed by atoms with Crippen LogP contribution in [-0.4, -0.2) is 64.0 Å². The van der Waals surface area contributed by atoms with E-state index >= 15 is 0 Å². The van der Waals surface area contributed by atoms with Crippen LogP contribution in [0.25, 0.3) is 0 Å². The molecule has 2 rings (SSSR count). The maximum Gasteiger partial charge on any atom is 0.410 e. The minimum atomic E-state index is -1.54. The fourth-order valence-electron chi connectivity index (χ4n) is 2.29. The summed E-state index contributed by atoms with van der Waals surface area (Å²) in [4.78, 5) is 13.6. The smallest absolute Gasteiger partial charge is 0.410 e. The molecule has 0 unspecified atom stereocenters. The minimum Gasteiger partial charge on any atom is -0.444 e. The summed E-state index contributed by atoms with van der Waals surface area (Å²) in [5.74, 6) is 0. The number of aliphatic hydroxyl groups is 1. The lowest BCUT2D eigenvalue weighted by molar-refractivity contribution is 0.0270. The van der Waals surface area contributed by atoms with Crippen molar-refractivity contribution < 1.29 is 14.6 Å². The van der Waals surface area contributed by atoms with Gasteiger partial charge in [-0.3, -0.25) is 0 Å². The number of nitrogens with zero attached hydrogens (tertiary/aromatic N) is 4. The second-order valence-electron chi connectivity index (χ2n) is 7.85. The Morgan fingerprint density at radius 1 is 1.36 bits per heavy atom. The lowest BCUT2D eigenvalue weighted by Gasteiger charge is -2.24. The first kappa shape index (κ1) is 16.9. The topological polar surface area (TPSA) is 80.5 Å². The lowest BCUT2D eigenvalue weighted by Crippen LogP contribution is -2.38. The lowest BCUT2D eigenvalue weighted by atomic mass is 10.2. The molecule has 8 heteroatoms. The molecule has 1 saturated heterocycles. The van der Waals surface area contributed by atoms with Gasteiger partial charge in [-0.05, 0) is 20.8 Å². The normalized spacial score (nSPS) is 23.0. The molecule has 0 bridgehead atoms. The predicted octanol–water partition coefficient (Wildman–Crippen LogP) is 0.976. The Labute approximate surface area is 132 Å². The van der Waals surface area contributed by atoms with Crippen LogP contribution in [-0.2, 0) is 4.74 Å². The van der Waals surface area contributed by atoms with Crippen molar-refractivity contribution in [3.8, 4) is 0 Å². The van der Waals surface area contributed by atoms with Crippen LogP contribution in [0, 0.1) is 0 Å². The van der Waals surface area contributed by atoms with Crippen molar-refractivity contribution >= 4 is 19.5 Å². The molecule has 0 radical (unpaired) electrons. The van der Waals surface area contributed by atoms with E-state index in [1.807, 2.05) is 27.0 Å². The van der Waals surface area contributed by atoms with Gasteiger partial charge in [-0.2, -0.15) is 0 Å². The number of hydrogen-bond acceptors (Lipinski definition) is 5. The molecule has 7 nitrogen and oxygen atoms in total. The number of aromatic nitrogens is 3. The Kier molecular flexibility index (Phi) is 4.36. The van der Waals surface area contributed by atoms with Gasteiger partial charge in [-0.1, -0.05) is 24.9 Å². The summed E-state index contributed by atoms with van der Waals surface area (Å²) in [6.45, 7) is 12.7. The molecule has 1 fully saturated rings. The van der Waals surface area contributed by atoms with Gasteiger partial charge < -0.3 is 14.7 Å². The van der Waals surface area contributed by atoms with Crippen LogP contribution in [0.15, 0.2) is 6.20 Å². The van der Waals surface area contributed by atoms with Crippen molar-refractivity contribution in [3.05, 3.63) is 6.20 Å². The molecule has 0 aromatic carbocycles. The Balaban J connectivity index is 2.08. The minimum absolute atomic E-state index is 0.252. The number of carbonyl (C=O) groups excluding carboxylic acids is 1. The van der Waals surface area contributed by atoms with Gasteiger partial charge >= 0.3 is 6.09 Å². The average Bonchev–Trinajstić information content (AvgIpc) is 2.91. The third-order valence-corrected chi connectivity index (χ3v) is 5.30. The van der Waals surface area contributed by atoms with Gasteiger partial charge in [0.05, 0.1) is 24.0 Å². The summed E-state index contributed by atoms with van der Waals surface area (Å²) in [6.07, 6.45) is 0.835. The summed E-state index contributed by atoms with van der Waals surface area (Å²) in [7, 11) is -1.54. The first-order valence-electron chi connectivity index (χ1n) is 7.56. The fraction of sp³-hybridized carbons (Fsp3) is 0.786. The van der Waals surface area contributed by atoms with E-state index in [0.29, 0.717) is 6.54 Å². The molecular formula is C14H26N4O3Si. The summed E-state index contributed by atoms with van der Waals surface area (Å²) < 4.78 is 7.03. The van der Waals surface area contributed by atoms with Crippen LogP contribution in [0.3, 0.4) is 0 Å². The maximum absolute atomic E-state index is 12.1. The maximum atomic E-state index is 12.1. The molecule has 1 N–H and O–H groups in total. The molecule has 0 aliphatic carbocycles. The average molecular weight is 326 g/mol. The highest BCUT2D eigenvalue weighted by Crippen LogP contribution is 2.23. The van der Waals surface area contributed by atoms with Gasteiger partial charge in [0.1, 0.15) is 13.7 Å². The molecule has 2 heterocycles. The molecular weight excluding hydrogens is 300 g/mol. The second-order valence-corrected chi connectivity index (χ2v) is 12.9. The van der Waals surface area contributed by atoms with Crippen LogP contribution in [0.5, 0.6) is 0 Å². The second kappa shape index (κ2) is 5.66. The zero-order chi connectivity index (χ0) is 16.7. The third kappa shape index (κ3) is 3.86. The largest absolute Gasteiger partial charge is 0.444 e. The molecule has 22 heavy (non-hydrogen) atoms. The summed E-state index contributed by atoms with van der Waals surface area (Å²) in [5, 5.41) is 19.6. The van der Waals surface area contributed by atoms with E-state index < -0.39 is 25.9 Å². The molecule has 1 amide bonds. The first-order valence-corrected chi connectivity index (χ1v) is 11.1. The summed E-state index contributed by atoms with van der Waals surface area (Å²) in [5.41, 5.74) is -0.543. The monoisotopic (exact) mass is 326 g/mol. The Morgan fingerprint density at radius 3 is 2.50 bits per heavy atom. The molecule has 1 aromatic rings. The van der Waals surface area contributed by atoms with Gasteiger partial charge in [-0.25, -0.2) is 9.48 Å². The predicted molar refractivity (Wildman–Crippen MR) is 85.9 cm³/mol. The molecule has 1 aromatic heterocycles. The SMILES string of the molecule is CC(C)(C)OC(=O)N1C[C@H](O)[C@@H](n2cc([Si](C)(C)C)nn2)C1. The number of ether oxygens (including phenoxy) is 1. The highest BCUT2D eigenvalue weighted by Gasteiger charge is 2.38. The van der Waals surface area contributed by atoms with Crippen LogP contribution in [0.2, 0.25) is 19.6 Å². The van der Waals surface area contributed by atoms with E-state index in [1.54, 1.807) is 4.68 Å². The zero-order valence-corrected chi connectivity index (χ0v) is 15.2. The number of β-amino-alcohol motifs (C(OH)–C–C–N with tert-alkyl or cyclic N) is 1. The Morgan fingerprint density at radius 2 is 2.00 bits per heavy atom. The summed E-state index contributed by atoms with van der Waals surface area (Å²) in [6, 6.07) is -0.273. The number of likely N-dealkylation sites (tertiary alicyclic amines) is 1. The van der Waals surface area contributed by atoms with Crippen LogP contribution >= 0.6 is 0 Å². The van der Waals surface area contributed by atoms with Crippen molar-refractivity contribution in [1.82, 2.24) is 19.9 Å². The van der Waals surface area contributed by atoms with E-state index in [-0.39, 0.29) is 12.6 Å². The Hall–Kier alpha value is -1.41. The highest BCUT2D eigenvalue weighted by atomic mass is 28.3. The van der Waals surface area contributed by atoms with E-state index in [0.717, 1.165) is 5.32 Å². The third-order valence-electron chi connectivity index (χ3n) is 3.53. The van der Waals surface area contributed by atoms with Gasteiger partial charge in [0.25, 0.3) is 0 Å². The molecule has 0 saturated carbocycles. The quantitative estimate of drug-likeness (QED) is 0.819. The van der Waals surface area contributed by atoms with Crippen molar-refractivity contribution in [2.45, 2.75) is 58.2 Å². The number of rotatable bonds is 2. The van der Waals surface area contributed by atoms with E-state index in [9.17, 15) is 9.90 Å². The molecule has 2 atom stereocenters. The van der Waals surface area contributed by atoms with Gasteiger partial charge in [-0.15, -0.1) is 5.10 Å². The van der Waals surface area contributed by atoms with E-state index in [2.05, 4.69) is 30.0 Å². The number of amides is 1. The van der Waals surface area contributed by atoms with Crippen molar-refractivity contribution in [2.75, 3.05) is 13.1 Å². The van der Waals surface area contributed by atoms with Gasteiger partial charge in [0, 0.05) is 12.7 Å². The molecule has 1 aliphatic rings. The van der Waals surface area contributed by atoms with Crippen LogP contribution < -0.4 is 5.32 Å². The van der Waals surface area contributed by atoms with Crippen molar-refractivity contribution in [1.29, 1.82) is 0 Å². The van der Waals surface area contributed by atoms with Crippen LogP contribution in [0.4, 0.5) is 4.79 Å². The summed E-state index contributed by atoms with van der Waals surface area (Å²) >= 11 is 0. The molecule has 1 aliphatic heterocycles. The zero-order valence-electron chi connectivity index (χ0n) is 14.2. The van der Waals surface area contributed by atoms with Crippen LogP contribution in [0.1, 0.15) is 26.8 Å². The number of aliphatic hydroxyl groups excluding tert-OH is 1. The number of hydrogen-bond donors (Lipinski definition) is 1. The number of carbonyl (C=O) groups is 1.